The van der Waals surface area contributed by atoms with Gasteiger partial charge in [-0.3, -0.25) is 9.89 Å². The van der Waals surface area contributed by atoms with Crippen LogP contribution in [0.3, 0.4) is 0 Å². The Labute approximate surface area is 172 Å². The van der Waals surface area contributed by atoms with Gasteiger partial charge in [0, 0.05) is 50.2 Å². The molecule has 1 aliphatic rings. The van der Waals surface area contributed by atoms with Crippen LogP contribution >= 0.6 is 35.3 Å². The fourth-order valence-corrected chi connectivity index (χ4v) is 3.40. The van der Waals surface area contributed by atoms with Crippen molar-refractivity contribution < 1.29 is 4.74 Å². The number of nitrogens with zero attached hydrogens (tertiary/aromatic N) is 3. The number of rotatable bonds is 9. The summed E-state index contributed by atoms with van der Waals surface area (Å²) in [6, 6.07) is 0. The molecular weight excluding hydrogens is 449 g/mol. The van der Waals surface area contributed by atoms with E-state index in [2.05, 4.69) is 39.4 Å². The van der Waals surface area contributed by atoms with Crippen LogP contribution in [0, 0.1) is 6.92 Å². The summed E-state index contributed by atoms with van der Waals surface area (Å²) in [5.74, 6) is 0.914. The van der Waals surface area contributed by atoms with Gasteiger partial charge in [-0.2, -0.15) is 0 Å². The van der Waals surface area contributed by atoms with E-state index in [-0.39, 0.29) is 24.0 Å². The van der Waals surface area contributed by atoms with Crippen molar-refractivity contribution in [2.24, 2.45) is 4.99 Å². The van der Waals surface area contributed by atoms with Crippen molar-refractivity contribution in [3.05, 3.63) is 16.1 Å². The van der Waals surface area contributed by atoms with Crippen molar-refractivity contribution in [2.45, 2.75) is 33.1 Å². The van der Waals surface area contributed by atoms with Crippen molar-refractivity contribution in [1.29, 1.82) is 0 Å². The van der Waals surface area contributed by atoms with Crippen LogP contribution in [0.2, 0.25) is 0 Å². The van der Waals surface area contributed by atoms with E-state index in [4.69, 9.17) is 4.74 Å². The predicted molar refractivity (Wildman–Crippen MR) is 116 cm³/mol. The molecular formula is C17H32IN5OS. The molecule has 6 nitrogen and oxygen atoms in total. The summed E-state index contributed by atoms with van der Waals surface area (Å²) < 4.78 is 5.37. The predicted octanol–water partition coefficient (Wildman–Crippen LogP) is 2.28. The molecule has 0 aliphatic carbocycles. The molecule has 0 amide bonds. The third-order valence-electron chi connectivity index (χ3n) is 3.90. The van der Waals surface area contributed by atoms with Crippen molar-refractivity contribution in [3.63, 3.8) is 0 Å². The van der Waals surface area contributed by atoms with Crippen molar-refractivity contribution in [3.8, 4) is 0 Å². The molecule has 0 bridgehead atoms. The summed E-state index contributed by atoms with van der Waals surface area (Å²) in [6.07, 6.45) is 5.20. The average Bonchev–Trinajstić information content (AvgIpc) is 3.01. The first kappa shape index (κ1) is 22.6. The Kier molecular flexibility index (Phi) is 12.4. The molecule has 0 unspecified atom stereocenters. The Morgan fingerprint density at radius 2 is 2.12 bits per heavy atom. The van der Waals surface area contributed by atoms with Gasteiger partial charge in [0.2, 0.25) is 0 Å². The second-order valence-corrected chi connectivity index (χ2v) is 7.28. The lowest BCUT2D eigenvalue weighted by Crippen LogP contribution is -2.38. The van der Waals surface area contributed by atoms with Crippen LogP contribution in [-0.2, 0) is 11.2 Å². The summed E-state index contributed by atoms with van der Waals surface area (Å²) >= 11 is 1.77. The van der Waals surface area contributed by atoms with E-state index in [1.165, 1.54) is 16.3 Å². The van der Waals surface area contributed by atoms with Crippen LogP contribution in [0.25, 0.3) is 0 Å². The molecule has 2 rings (SSSR count). The number of guanidine groups is 1. The lowest BCUT2D eigenvalue weighted by atomic mass is 10.3. The van der Waals surface area contributed by atoms with Crippen LogP contribution in [0.15, 0.2) is 11.2 Å². The topological polar surface area (TPSA) is 61.8 Å². The molecule has 1 aromatic heterocycles. The van der Waals surface area contributed by atoms with Gasteiger partial charge in [-0.15, -0.1) is 35.3 Å². The lowest BCUT2D eigenvalue weighted by Gasteiger charge is -2.26. The third kappa shape index (κ3) is 9.72. The number of thiazole rings is 1. The van der Waals surface area contributed by atoms with E-state index in [1.807, 2.05) is 6.20 Å². The lowest BCUT2D eigenvalue weighted by molar-refractivity contribution is 0.0373. The monoisotopic (exact) mass is 481 g/mol. The Morgan fingerprint density at radius 3 is 2.80 bits per heavy atom. The minimum Gasteiger partial charge on any atom is -0.379 e. The molecule has 2 N–H and O–H groups in total. The Hall–Kier alpha value is -0.450. The molecule has 0 radical (unpaired) electrons. The van der Waals surface area contributed by atoms with Gasteiger partial charge >= 0.3 is 0 Å². The number of hydrogen-bond acceptors (Lipinski definition) is 5. The van der Waals surface area contributed by atoms with Crippen LogP contribution in [0.1, 0.15) is 29.7 Å². The number of aryl methyl sites for hydroxylation is 1. The molecule has 1 aromatic rings. The van der Waals surface area contributed by atoms with Crippen molar-refractivity contribution in [2.75, 3.05) is 52.5 Å². The Morgan fingerprint density at radius 1 is 1.32 bits per heavy atom. The second kappa shape index (κ2) is 13.7. The first-order valence-corrected chi connectivity index (χ1v) is 9.83. The zero-order valence-electron chi connectivity index (χ0n) is 15.4. The first-order chi connectivity index (χ1) is 11.8. The van der Waals surface area contributed by atoms with Gasteiger partial charge in [0.05, 0.1) is 18.2 Å². The molecule has 0 aromatic carbocycles. The minimum atomic E-state index is 0. The Bertz CT molecular complexity index is 491. The van der Waals surface area contributed by atoms with E-state index < -0.39 is 0 Å². The molecule has 144 valence electrons. The molecule has 25 heavy (non-hydrogen) atoms. The van der Waals surface area contributed by atoms with E-state index in [0.29, 0.717) is 0 Å². The van der Waals surface area contributed by atoms with Crippen LogP contribution in [-0.4, -0.2) is 68.3 Å². The highest BCUT2D eigenvalue weighted by Crippen LogP contribution is 2.10. The molecule has 0 atom stereocenters. The number of morpholine rings is 1. The summed E-state index contributed by atoms with van der Waals surface area (Å²) in [5, 5.41) is 7.89. The van der Waals surface area contributed by atoms with Gasteiger partial charge in [-0.1, -0.05) is 0 Å². The molecule has 0 saturated carbocycles. The maximum absolute atomic E-state index is 5.37. The molecule has 2 heterocycles. The zero-order valence-corrected chi connectivity index (χ0v) is 18.6. The van der Waals surface area contributed by atoms with E-state index in [0.717, 1.165) is 71.3 Å². The number of halogens is 1. The average molecular weight is 481 g/mol. The minimum absolute atomic E-state index is 0. The summed E-state index contributed by atoms with van der Waals surface area (Å²) in [5.41, 5.74) is 0. The normalized spacial score (nSPS) is 15.7. The van der Waals surface area contributed by atoms with Crippen molar-refractivity contribution >= 4 is 41.3 Å². The van der Waals surface area contributed by atoms with Gasteiger partial charge in [0.1, 0.15) is 0 Å². The molecule has 1 fully saturated rings. The zero-order chi connectivity index (χ0) is 17.0. The molecule has 8 heteroatoms. The second-order valence-electron chi connectivity index (χ2n) is 5.96. The smallest absolute Gasteiger partial charge is 0.191 e. The largest absolute Gasteiger partial charge is 0.379 e. The fourth-order valence-electron chi connectivity index (χ4n) is 2.61. The number of ether oxygens (including phenoxy) is 1. The van der Waals surface area contributed by atoms with Gasteiger partial charge in [0.25, 0.3) is 0 Å². The number of unbranched alkanes of at least 4 members (excludes halogenated alkanes) is 1. The molecule has 1 aliphatic heterocycles. The van der Waals surface area contributed by atoms with Crippen molar-refractivity contribution in [1.82, 2.24) is 20.5 Å². The highest BCUT2D eigenvalue weighted by molar-refractivity contribution is 14.0. The maximum atomic E-state index is 5.37. The highest BCUT2D eigenvalue weighted by atomic mass is 127. The maximum Gasteiger partial charge on any atom is 0.191 e. The fraction of sp³-hybridized carbons (Fsp3) is 0.765. The SMILES string of the molecule is CCNC(=NCCCCN1CCOCC1)NCCc1ncc(C)s1.I. The highest BCUT2D eigenvalue weighted by Gasteiger charge is 2.08. The van der Waals surface area contributed by atoms with Gasteiger partial charge in [0.15, 0.2) is 5.96 Å². The van der Waals surface area contributed by atoms with Gasteiger partial charge in [-0.05, 0) is 33.2 Å². The number of aliphatic imine (C=N–C) groups is 1. The number of hydrogen-bond donors (Lipinski definition) is 2. The van der Waals surface area contributed by atoms with E-state index in [1.54, 1.807) is 11.3 Å². The van der Waals surface area contributed by atoms with E-state index in [9.17, 15) is 0 Å². The number of nitrogens with one attached hydrogen (secondary N) is 2. The standard InChI is InChI=1S/C17H31N5OS.HI/c1-3-18-17(20-8-6-16-21-14-15(2)24-16)19-7-4-5-9-22-10-12-23-13-11-22;/h14H,3-13H2,1-2H3,(H2,18,19,20);1H. The quantitative estimate of drug-likeness (QED) is 0.245. The first-order valence-electron chi connectivity index (χ1n) is 9.01. The van der Waals surface area contributed by atoms with E-state index >= 15 is 0 Å². The van der Waals surface area contributed by atoms with Crippen LogP contribution < -0.4 is 10.6 Å². The summed E-state index contributed by atoms with van der Waals surface area (Å²) in [4.78, 5) is 12.8. The van der Waals surface area contributed by atoms with Crippen LogP contribution in [0.4, 0.5) is 0 Å². The summed E-state index contributed by atoms with van der Waals surface area (Å²) in [6.45, 7) is 11.9. The third-order valence-corrected chi connectivity index (χ3v) is 4.87. The van der Waals surface area contributed by atoms with Gasteiger partial charge < -0.3 is 15.4 Å². The number of aromatic nitrogens is 1. The van der Waals surface area contributed by atoms with Crippen LogP contribution in [0.5, 0.6) is 0 Å². The Balaban J connectivity index is 0.00000312. The van der Waals surface area contributed by atoms with Gasteiger partial charge in [-0.25, -0.2) is 4.98 Å². The summed E-state index contributed by atoms with van der Waals surface area (Å²) in [7, 11) is 0. The molecule has 0 spiro atoms. The molecule has 1 saturated heterocycles.